The molecule has 0 spiro atoms. The Morgan fingerprint density at radius 3 is 2.56 bits per heavy atom. The first-order valence-corrected chi connectivity index (χ1v) is 11.5. The highest BCUT2D eigenvalue weighted by Crippen LogP contribution is 2.38. The number of anilines is 1. The zero-order valence-corrected chi connectivity index (χ0v) is 20.1. The number of nitrogens with one attached hydrogen (secondary N) is 1. The van der Waals surface area contributed by atoms with Gasteiger partial charge >= 0.3 is 12.5 Å². The minimum atomic E-state index is -4.87. The van der Waals surface area contributed by atoms with E-state index in [-0.39, 0.29) is 35.0 Å². The molecule has 2 aromatic carbocycles. The third-order valence-corrected chi connectivity index (χ3v) is 6.07. The molecule has 0 aliphatic carbocycles. The van der Waals surface area contributed by atoms with Gasteiger partial charge in [-0.05, 0) is 37.5 Å². The topological polar surface area (TPSA) is 99.2 Å². The van der Waals surface area contributed by atoms with Gasteiger partial charge in [0.25, 0.3) is 0 Å². The molecule has 0 saturated carbocycles. The second-order valence-electron chi connectivity index (χ2n) is 8.28. The van der Waals surface area contributed by atoms with Crippen molar-refractivity contribution in [3.63, 3.8) is 0 Å². The fourth-order valence-electron chi connectivity index (χ4n) is 3.94. The van der Waals surface area contributed by atoms with E-state index < -0.39 is 30.2 Å². The van der Waals surface area contributed by atoms with Crippen molar-refractivity contribution in [2.75, 3.05) is 25.5 Å². The summed E-state index contributed by atoms with van der Waals surface area (Å²) < 4.78 is 42.4. The number of halogens is 4. The van der Waals surface area contributed by atoms with Gasteiger partial charge in [-0.3, -0.25) is 9.59 Å². The van der Waals surface area contributed by atoms with Crippen LogP contribution in [0, 0.1) is 0 Å². The molecule has 1 heterocycles. The average Bonchev–Trinajstić information content (AvgIpc) is 2.82. The van der Waals surface area contributed by atoms with Gasteiger partial charge in [-0.25, -0.2) is 4.79 Å². The lowest BCUT2D eigenvalue weighted by molar-refractivity contribution is -0.274. The van der Waals surface area contributed by atoms with E-state index >= 15 is 0 Å². The van der Waals surface area contributed by atoms with Gasteiger partial charge in [0.2, 0.25) is 11.8 Å². The van der Waals surface area contributed by atoms with Crippen molar-refractivity contribution in [1.82, 2.24) is 9.80 Å². The fourth-order valence-corrected chi connectivity index (χ4v) is 4.23. The number of carboxylic acid groups (broad SMARTS) is 1. The van der Waals surface area contributed by atoms with Crippen LogP contribution in [-0.4, -0.2) is 65.4 Å². The number of ether oxygens (including phenoxy) is 1. The number of carbonyl (C=O) groups is 3. The summed E-state index contributed by atoms with van der Waals surface area (Å²) in [6, 6.07) is 9.22. The molecule has 3 rings (SSSR count). The van der Waals surface area contributed by atoms with Gasteiger partial charge in [-0.1, -0.05) is 35.9 Å². The lowest BCUT2D eigenvalue weighted by Gasteiger charge is -2.35. The maximum Gasteiger partial charge on any atom is 0.573 e. The summed E-state index contributed by atoms with van der Waals surface area (Å²) in [6.45, 7) is 0.388. The Morgan fingerprint density at radius 2 is 1.89 bits per heavy atom. The van der Waals surface area contributed by atoms with Gasteiger partial charge in [0, 0.05) is 43.4 Å². The minimum Gasteiger partial charge on any atom is -0.465 e. The molecule has 1 aliphatic rings. The highest BCUT2D eigenvalue weighted by molar-refractivity contribution is 6.33. The molecule has 1 saturated heterocycles. The maximum atomic E-state index is 13.0. The second-order valence-corrected chi connectivity index (χ2v) is 8.69. The van der Waals surface area contributed by atoms with Gasteiger partial charge in [0.05, 0.1) is 5.02 Å². The molecule has 1 unspecified atom stereocenters. The molecule has 1 atom stereocenters. The zero-order chi connectivity index (χ0) is 26.5. The predicted octanol–water partition coefficient (Wildman–Crippen LogP) is 5.23. The SMILES string of the molecule is CN(CCC(=O)N1CCCCC1C(=O)Nc1ccc(-c2ccccc2OC(F)(F)F)c(Cl)c1)C(=O)O. The molecule has 0 radical (unpaired) electrons. The van der Waals surface area contributed by atoms with E-state index in [1.807, 2.05) is 0 Å². The summed E-state index contributed by atoms with van der Waals surface area (Å²) in [4.78, 5) is 39.1. The summed E-state index contributed by atoms with van der Waals surface area (Å²) in [7, 11) is 1.36. The van der Waals surface area contributed by atoms with E-state index in [9.17, 15) is 27.6 Å². The lowest BCUT2D eigenvalue weighted by atomic mass is 10.0. The third kappa shape index (κ3) is 7.03. The maximum absolute atomic E-state index is 13.0. The number of hydrogen-bond donors (Lipinski definition) is 2. The second kappa shape index (κ2) is 11.5. The van der Waals surface area contributed by atoms with Crippen LogP contribution in [0.25, 0.3) is 11.1 Å². The van der Waals surface area contributed by atoms with E-state index in [2.05, 4.69) is 10.1 Å². The molecule has 12 heteroatoms. The summed E-state index contributed by atoms with van der Waals surface area (Å²) in [5, 5.41) is 11.8. The lowest BCUT2D eigenvalue weighted by Crippen LogP contribution is -2.50. The van der Waals surface area contributed by atoms with Crippen LogP contribution in [0.15, 0.2) is 42.5 Å². The van der Waals surface area contributed by atoms with Gasteiger partial charge in [-0.15, -0.1) is 13.2 Å². The minimum absolute atomic E-state index is 0.00953. The Labute approximate surface area is 210 Å². The van der Waals surface area contributed by atoms with Crippen molar-refractivity contribution in [1.29, 1.82) is 0 Å². The van der Waals surface area contributed by atoms with E-state index in [0.717, 1.165) is 17.7 Å². The number of carbonyl (C=O) groups excluding carboxylic acids is 2. The van der Waals surface area contributed by atoms with Crippen molar-refractivity contribution in [3.05, 3.63) is 47.5 Å². The van der Waals surface area contributed by atoms with Crippen LogP contribution >= 0.6 is 11.6 Å². The van der Waals surface area contributed by atoms with E-state index in [0.29, 0.717) is 18.7 Å². The molecular weight excluding hydrogens is 503 g/mol. The highest BCUT2D eigenvalue weighted by atomic mass is 35.5. The number of hydrogen-bond acceptors (Lipinski definition) is 4. The van der Waals surface area contributed by atoms with Gasteiger partial charge in [-0.2, -0.15) is 0 Å². The summed E-state index contributed by atoms with van der Waals surface area (Å²) >= 11 is 6.35. The van der Waals surface area contributed by atoms with Crippen molar-refractivity contribution in [2.45, 2.75) is 38.1 Å². The zero-order valence-electron chi connectivity index (χ0n) is 19.3. The molecule has 2 aromatic rings. The summed E-state index contributed by atoms with van der Waals surface area (Å²) in [5.74, 6) is -1.16. The van der Waals surface area contributed by atoms with Crippen LogP contribution in [0.3, 0.4) is 0 Å². The fraction of sp³-hybridized carbons (Fsp3) is 0.375. The first kappa shape index (κ1) is 27.1. The van der Waals surface area contributed by atoms with Crippen molar-refractivity contribution in [3.8, 4) is 16.9 Å². The van der Waals surface area contributed by atoms with Crippen LogP contribution in [0.5, 0.6) is 5.75 Å². The van der Waals surface area contributed by atoms with E-state index in [1.54, 1.807) is 6.07 Å². The molecule has 1 fully saturated rings. The number of rotatable bonds is 7. The summed E-state index contributed by atoms with van der Waals surface area (Å²) in [6.07, 6.45) is -4.16. The number of amides is 3. The van der Waals surface area contributed by atoms with Crippen molar-refractivity contribution >= 4 is 35.2 Å². The number of nitrogens with zero attached hydrogens (tertiary/aromatic N) is 2. The Bertz CT molecular complexity index is 1130. The number of alkyl halides is 3. The van der Waals surface area contributed by atoms with Crippen molar-refractivity contribution in [2.24, 2.45) is 0 Å². The Morgan fingerprint density at radius 1 is 1.17 bits per heavy atom. The standard InChI is InChI=1S/C24H25ClF3N3O5/c1-30(23(34)35)13-11-21(32)31-12-5-4-7-19(31)22(33)29-15-9-10-16(18(25)14-15)17-6-2-3-8-20(17)36-24(26,27)28/h2-3,6,8-10,14,19H,4-5,7,11-13H2,1H3,(H,29,33)(H,34,35). The number of likely N-dealkylation sites (tertiary alicyclic amines) is 1. The Balaban J connectivity index is 1.73. The van der Waals surface area contributed by atoms with Gasteiger partial charge in [0.15, 0.2) is 0 Å². The van der Waals surface area contributed by atoms with Gasteiger partial charge in [0.1, 0.15) is 11.8 Å². The molecule has 0 bridgehead atoms. The normalized spacial score (nSPS) is 15.8. The Hall–Kier alpha value is -3.47. The van der Waals surface area contributed by atoms with Crippen LogP contribution < -0.4 is 10.1 Å². The Kier molecular flexibility index (Phi) is 8.67. The average molecular weight is 528 g/mol. The molecule has 2 N–H and O–H groups in total. The van der Waals surface area contributed by atoms with Gasteiger partial charge < -0.3 is 25.0 Å². The van der Waals surface area contributed by atoms with Crippen LogP contribution in [0.4, 0.5) is 23.7 Å². The first-order valence-electron chi connectivity index (χ1n) is 11.2. The molecule has 0 aromatic heterocycles. The van der Waals surface area contributed by atoms with Crippen LogP contribution in [0.2, 0.25) is 5.02 Å². The number of piperidine rings is 1. The number of benzene rings is 2. The largest absolute Gasteiger partial charge is 0.573 e. The quantitative estimate of drug-likeness (QED) is 0.514. The molecule has 1 aliphatic heterocycles. The highest BCUT2D eigenvalue weighted by Gasteiger charge is 2.33. The first-order chi connectivity index (χ1) is 17.0. The molecule has 194 valence electrons. The molecular formula is C24H25ClF3N3O5. The summed E-state index contributed by atoms with van der Waals surface area (Å²) in [5.41, 5.74) is 0.728. The molecule has 3 amide bonds. The molecule has 8 nitrogen and oxygen atoms in total. The predicted molar refractivity (Wildman–Crippen MR) is 127 cm³/mol. The third-order valence-electron chi connectivity index (χ3n) is 5.75. The van der Waals surface area contributed by atoms with E-state index in [1.165, 1.54) is 48.3 Å². The monoisotopic (exact) mass is 527 g/mol. The van der Waals surface area contributed by atoms with Crippen LogP contribution in [0.1, 0.15) is 25.7 Å². The smallest absolute Gasteiger partial charge is 0.465 e. The number of para-hydroxylation sites is 1. The van der Waals surface area contributed by atoms with E-state index in [4.69, 9.17) is 16.7 Å². The van der Waals surface area contributed by atoms with Crippen LogP contribution in [-0.2, 0) is 9.59 Å². The van der Waals surface area contributed by atoms with Crippen molar-refractivity contribution < 1.29 is 37.4 Å². The molecule has 36 heavy (non-hydrogen) atoms.